The number of halogens is 3. The van der Waals surface area contributed by atoms with Crippen molar-refractivity contribution in [2.24, 2.45) is 0 Å². The minimum Gasteiger partial charge on any atom is -0.325 e. The van der Waals surface area contributed by atoms with Gasteiger partial charge in [0.2, 0.25) is 5.91 Å². The SMILES string of the molecule is CCc1cc2c(=O)n(CC(=O)Nc3ccc(C#N)c(C(F)(F)F)c3)cnc2s1. The third-order valence-electron chi connectivity index (χ3n) is 3.96. The molecule has 0 unspecified atom stereocenters. The molecule has 0 spiro atoms. The number of aryl methyl sites for hydroxylation is 1. The van der Waals surface area contributed by atoms with Crippen LogP contribution < -0.4 is 10.9 Å². The van der Waals surface area contributed by atoms with E-state index in [1.165, 1.54) is 29.8 Å². The van der Waals surface area contributed by atoms with E-state index in [0.29, 0.717) is 16.3 Å². The van der Waals surface area contributed by atoms with Crippen molar-refractivity contribution in [3.8, 4) is 6.07 Å². The molecule has 2 heterocycles. The van der Waals surface area contributed by atoms with Crippen LogP contribution in [0.2, 0.25) is 0 Å². The lowest BCUT2D eigenvalue weighted by atomic mass is 10.1. The van der Waals surface area contributed by atoms with Crippen LogP contribution in [0.25, 0.3) is 10.2 Å². The maximum Gasteiger partial charge on any atom is 0.417 e. The maximum absolute atomic E-state index is 13.0. The van der Waals surface area contributed by atoms with Gasteiger partial charge in [-0.2, -0.15) is 18.4 Å². The van der Waals surface area contributed by atoms with Gasteiger partial charge in [-0.15, -0.1) is 11.3 Å². The van der Waals surface area contributed by atoms with Gasteiger partial charge >= 0.3 is 6.18 Å². The zero-order valence-corrected chi connectivity index (χ0v) is 15.3. The molecule has 0 saturated heterocycles. The lowest BCUT2D eigenvalue weighted by Gasteiger charge is -2.12. The number of nitriles is 1. The molecule has 1 amide bonds. The third-order valence-corrected chi connectivity index (χ3v) is 5.15. The molecule has 3 aromatic rings. The molecular formula is C18H13F3N4O2S. The Morgan fingerprint density at radius 1 is 1.36 bits per heavy atom. The van der Waals surface area contributed by atoms with Crippen LogP contribution in [0.1, 0.15) is 22.9 Å². The van der Waals surface area contributed by atoms with Gasteiger partial charge in [-0.25, -0.2) is 4.98 Å². The Morgan fingerprint density at radius 3 is 2.75 bits per heavy atom. The average molecular weight is 406 g/mol. The smallest absolute Gasteiger partial charge is 0.325 e. The molecule has 0 aliphatic rings. The Bertz CT molecular complexity index is 1160. The number of benzene rings is 1. The molecule has 1 aromatic carbocycles. The van der Waals surface area contributed by atoms with E-state index in [-0.39, 0.29) is 5.69 Å². The molecule has 3 rings (SSSR count). The van der Waals surface area contributed by atoms with E-state index in [2.05, 4.69) is 10.3 Å². The molecule has 144 valence electrons. The van der Waals surface area contributed by atoms with E-state index in [9.17, 15) is 22.8 Å². The molecule has 0 fully saturated rings. The van der Waals surface area contributed by atoms with Crippen LogP contribution in [0.15, 0.2) is 35.4 Å². The van der Waals surface area contributed by atoms with E-state index in [4.69, 9.17) is 5.26 Å². The lowest BCUT2D eigenvalue weighted by Crippen LogP contribution is -2.27. The summed E-state index contributed by atoms with van der Waals surface area (Å²) in [5.41, 5.74) is -2.20. The van der Waals surface area contributed by atoms with Crippen molar-refractivity contribution in [2.75, 3.05) is 5.32 Å². The highest BCUT2D eigenvalue weighted by Gasteiger charge is 2.34. The Balaban J connectivity index is 1.83. The summed E-state index contributed by atoms with van der Waals surface area (Å²) in [6, 6.07) is 6.06. The zero-order chi connectivity index (χ0) is 20.5. The number of hydrogen-bond acceptors (Lipinski definition) is 5. The molecule has 0 atom stereocenters. The summed E-state index contributed by atoms with van der Waals surface area (Å²) in [6.45, 7) is 1.55. The number of rotatable bonds is 4. The number of thiophene rings is 1. The fourth-order valence-corrected chi connectivity index (χ4v) is 3.53. The number of nitrogens with zero attached hydrogens (tertiary/aromatic N) is 3. The second-order valence-electron chi connectivity index (χ2n) is 5.88. The summed E-state index contributed by atoms with van der Waals surface area (Å²) in [7, 11) is 0. The van der Waals surface area contributed by atoms with Crippen LogP contribution in [0.3, 0.4) is 0 Å². The Labute approximate surface area is 160 Å². The van der Waals surface area contributed by atoms with Gasteiger partial charge in [-0.1, -0.05) is 6.92 Å². The first-order valence-corrected chi connectivity index (χ1v) is 8.93. The lowest BCUT2D eigenvalue weighted by molar-refractivity contribution is -0.137. The van der Waals surface area contributed by atoms with Crippen LogP contribution in [0.5, 0.6) is 0 Å². The second kappa shape index (κ2) is 7.44. The summed E-state index contributed by atoms with van der Waals surface area (Å²) in [4.78, 5) is 30.4. The number of alkyl halides is 3. The molecule has 6 nitrogen and oxygen atoms in total. The number of fused-ring (bicyclic) bond motifs is 1. The Kier molecular flexibility index (Phi) is 5.20. The maximum atomic E-state index is 13.0. The summed E-state index contributed by atoms with van der Waals surface area (Å²) in [5.74, 6) is -0.688. The molecule has 2 aromatic heterocycles. The molecular weight excluding hydrogens is 393 g/mol. The van der Waals surface area contributed by atoms with E-state index in [0.717, 1.165) is 21.9 Å². The normalized spacial score (nSPS) is 11.4. The largest absolute Gasteiger partial charge is 0.417 e. The first kappa shape index (κ1) is 19.6. The molecule has 0 aliphatic heterocycles. The van der Waals surface area contributed by atoms with Crippen molar-refractivity contribution >= 4 is 33.1 Å². The number of amides is 1. The molecule has 0 saturated carbocycles. The van der Waals surface area contributed by atoms with Gasteiger partial charge in [0.25, 0.3) is 5.56 Å². The van der Waals surface area contributed by atoms with Crippen LogP contribution >= 0.6 is 11.3 Å². The summed E-state index contributed by atoms with van der Waals surface area (Å²) in [5, 5.41) is 11.5. The standard InChI is InChI=1S/C18H13F3N4O2S/c1-2-12-6-13-16(28-12)23-9-25(17(13)27)8-15(26)24-11-4-3-10(7-22)14(5-11)18(19,20)21/h3-6,9H,2,8H2,1H3,(H,24,26). The predicted octanol–water partition coefficient (Wildman–Crippen LogP) is 3.55. The van der Waals surface area contributed by atoms with E-state index in [1.807, 2.05) is 6.92 Å². The van der Waals surface area contributed by atoms with E-state index in [1.54, 1.807) is 6.07 Å². The molecule has 0 bridgehead atoms. The number of carbonyl (C=O) groups is 1. The number of anilines is 1. The third kappa shape index (κ3) is 3.89. The van der Waals surface area contributed by atoms with Crippen molar-refractivity contribution in [3.63, 3.8) is 0 Å². The van der Waals surface area contributed by atoms with Crippen molar-refractivity contribution in [3.05, 3.63) is 57.0 Å². The topological polar surface area (TPSA) is 87.8 Å². The first-order chi connectivity index (χ1) is 13.2. The monoisotopic (exact) mass is 406 g/mol. The van der Waals surface area contributed by atoms with Crippen molar-refractivity contribution in [2.45, 2.75) is 26.1 Å². The van der Waals surface area contributed by atoms with E-state index >= 15 is 0 Å². The fraction of sp³-hybridized carbons (Fsp3) is 0.222. The van der Waals surface area contributed by atoms with Crippen molar-refractivity contribution < 1.29 is 18.0 Å². The number of hydrogen-bond donors (Lipinski definition) is 1. The van der Waals surface area contributed by atoms with Gasteiger partial charge < -0.3 is 5.32 Å². The number of carbonyl (C=O) groups excluding carboxylic acids is 1. The fourth-order valence-electron chi connectivity index (χ4n) is 2.61. The average Bonchev–Trinajstić information content (AvgIpc) is 3.07. The highest BCUT2D eigenvalue weighted by Crippen LogP contribution is 2.33. The molecule has 28 heavy (non-hydrogen) atoms. The molecule has 10 heteroatoms. The zero-order valence-electron chi connectivity index (χ0n) is 14.5. The molecule has 1 N–H and O–H groups in total. The van der Waals surface area contributed by atoms with Crippen molar-refractivity contribution in [1.82, 2.24) is 9.55 Å². The molecule has 0 aliphatic carbocycles. The van der Waals surface area contributed by atoms with Crippen LogP contribution in [-0.2, 0) is 23.9 Å². The first-order valence-electron chi connectivity index (χ1n) is 8.12. The summed E-state index contributed by atoms with van der Waals surface area (Å²) in [6.07, 6.45) is -2.74. The second-order valence-corrected chi connectivity index (χ2v) is 7.00. The molecule has 0 radical (unpaired) electrons. The summed E-state index contributed by atoms with van der Waals surface area (Å²) >= 11 is 1.39. The summed E-state index contributed by atoms with van der Waals surface area (Å²) < 4.78 is 40.1. The van der Waals surface area contributed by atoms with Crippen LogP contribution in [-0.4, -0.2) is 15.5 Å². The van der Waals surface area contributed by atoms with Gasteiger partial charge in [0.15, 0.2) is 0 Å². The van der Waals surface area contributed by atoms with Crippen LogP contribution in [0, 0.1) is 11.3 Å². The Morgan fingerprint density at radius 2 is 2.11 bits per heavy atom. The van der Waals surface area contributed by atoms with E-state index < -0.39 is 35.3 Å². The quantitative estimate of drug-likeness (QED) is 0.718. The Hall–Kier alpha value is -3.19. The highest BCUT2D eigenvalue weighted by molar-refractivity contribution is 7.18. The van der Waals surface area contributed by atoms with Gasteiger partial charge in [0.05, 0.1) is 28.9 Å². The van der Waals surface area contributed by atoms with Crippen molar-refractivity contribution in [1.29, 1.82) is 5.26 Å². The minimum atomic E-state index is -4.73. The van der Waals surface area contributed by atoms with Gasteiger partial charge in [-0.05, 0) is 30.7 Å². The van der Waals surface area contributed by atoms with Gasteiger partial charge in [0, 0.05) is 10.6 Å². The minimum absolute atomic E-state index is 0.123. The highest BCUT2D eigenvalue weighted by atomic mass is 32.1. The number of aromatic nitrogens is 2. The predicted molar refractivity (Wildman–Crippen MR) is 98.0 cm³/mol. The van der Waals surface area contributed by atoms with Gasteiger partial charge in [0.1, 0.15) is 11.4 Å². The number of nitrogens with one attached hydrogen (secondary N) is 1. The van der Waals surface area contributed by atoms with Gasteiger partial charge in [-0.3, -0.25) is 14.2 Å². The van der Waals surface area contributed by atoms with Crippen LogP contribution in [0.4, 0.5) is 18.9 Å².